The highest BCUT2D eigenvalue weighted by Crippen LogP contribution is 2.30. The van der Waals surface area contributed by atoms with Gasteiger partial charge in [-0.05, 0) is 19.3 Å². The molecule has 2 nitrogen and oxygen atoms in total. The van der Waals surface area contributed by atoms with Crippen LogP contribution in [0.15, 0.2) is 12.7 Å². The van der Waals surface area contributed by atoms with Crippen LogP contribution in [0.25, 0.3) is 0 Å². The van der Waals surface area contributed by atoms with Crippen LogP contribution in [0.3, 0.4) is 0 Å². The summed E-state index contributed by atoms with van der Waals surface area (Å²) < 4.78 is 0. The van der Waals surface area contributed by atoms with Gasteiger partial charge < -0.3 is 4.90 Å². The molecule has 13 heavy (non-hydrogen) atoms. The first kappa shape index (κ1) is 10.3. The van der Waals surface area contributed by atoms with Crippen molar-refractivity contribution in [2.75, 3.05) is 0 Å². The smallest absolute Gasteiger partial charge is 0.222 e. The molecule has 2 atom stereocenters. The summed E-state index contributed by atoms with van der Waals surface area (Å²) in [5.41, 5.74) is 0. The molecule has 0 radical (unpaired) electrons. The molecule has 0 aromatic carbocycles. The van der Waals surface area contributed by atoms with Gasteiger partial charge in [-0.2, -0.15) is 0 Å². The van der Waals surface area contributed by atoms with E-state index in [0.29, 0.717) is 24.4 Å². The molecule has 74 valence electrons. The average Bonchev–Trinajstić information content (AvgIpc) is 2.11. The Bertz CT molecular complexity index is 200. The molecule has 1 saturated heterocycles. The predicted octanol–water partition coefficient (Wildman–Crippen LogP) is 2.35. The van der Waals surface area contributed by atoms with Crippen molar-refractivity contribution in [1.82, 2.24) is 4.90 Å². The largest absolute Gasteiger partial charge is 0.336 e. The topological polar surface area (TPSA) is 20.3 Å². The molecule has 0 aliphatic carbocycles. The molecular weight excluding hydrogens is 162 g/mol. The van der Waals surface area contributed by atoms with Crippen LogP contribution in [0.5, 0.6) is 0 Å². The van der Waals surface area contributed by atoms with Crippen molar-refractivity contribution in [2.24, 2.45) is 0 Å². The lowest BCUT2D eigenvalue weighted by molar-refractivity contribution is -0.144. The van der Waals surface area contributed by atoms with Crippen molar-refractivity contribution < 1.29 is 4.79 Å². The molecule has 0 spiro atoms. The van der Waals surface area contributed by atoms with Gasteiger partial charge in [0, 0.05) is 18.5 Å². The molecule has 0 bridgehead atoms. The number of rotatable bonds is 4. The van der Waals surface area contributed by atoms with Crippen LogP contribution in [0.2, 0.25) is 0 Å². The Hall–Kier alpha value is -0.790. The summed E-state index contributed by atoms with van der Waals surface area (Å²) in [6, 6.07) is 0.937. The third-order valence-corrected chi connectivity index (χ3v) is 2.83. The molecule has 0 aromatic heterocycles. The Kier molecular flexibility index (Phi) is 3.52. The molecule has 1 fully saturated rings. The summed E-state index contributed by atoms with van der Waals surface area (Å²) in [5.74, 6) is 0.296. The Morgan fingerprint density at radius 3 is 2.69 bits per heavy atom. The lowest BCUT2D eigenvalue weighted by atomic mass is 9.88. The van der Waals surface area contributed by atoms with Crippen molar-refractivity contribution in [3.05, 3.63) is 12.7 Å². The number of hydrogen-bond acceptors (Lipinski definition) is 1. The second-order valence-electron chi connectivity index (χ2n) is 3.63. The molecule has 1 heterocycles. The van der Waals surface area contributed by atoms with E-state index in [-0.39, 0.29) is 0 Å². The SMILES string of the molecule is C=CC[C@H]1C[C@@H](CC)N1C(=O)CC. The maximum Gasteiger partial charge on any atom is 0.222 e. The number of hydrogen-bond donors (Lipinski definition) is 0. The highest BCUT2D eigenvalue weighted by atomic mass is 16.2. The Morgan fingerprint density at radius 2 is 2.23 bits per heavy atom. The summed E-state index contributed by atoms with van der Waals surface area (Å²) in [6.45, 7) is 7.79. The van der Waals surface area contributed by atoms with Gasteiger partial charge in [-0.1, -0.05) is 19.9 Å². The maximum absolute atomic E-state index is 11.5. The number of likely N-dealkylation sites (tertiary alicyclic amines) is 1. The second kappa shape index (κ2) is 4.45. The normalized spacial score (nSPS) is 26.8. The van der Waals surface area contributed by atoms with Crippen LogP contribution >= 0.6 is 0 Å². The van der Waals surface area contributed by atoms with Crippen molar-refractivity contribution in [1.29, 1.82) is 0 Å². The minimum absolute atomic E-state index is 0.296. The van der Waals surface area contributed by atoms with E-state index >= 15 is 0 Å². The van der Waals surface area contributed by atoms with Crippen LogP contribution in [-0.4, -0.2) is 22.9 Å². The monoisotopic (exact) mass is 181 g/mol. The van der Waals surface area contributed by atoms with E-state index in [1.54, 1.807) is 0 Å². The molecule has 0 saturated carbocycles. The number of carbonyl (C=O) groups excluding carboxylic acids is 1. The summed E-state index contributed by atoms with van der Waals surface area (Å²) in [6.07, 6.45) is 5.73. The van der Waals surface area contributed by atoms with E-state index in [1.807, 2.05) is 17.9 Å². The zero-order valence-electron chi connectivity index (χ0n) is 8.62. The van der Waals surface area contributed by atoms with Crippen molar-refractivity contribution in [2.45, 2.75) is 51.6 Å². The zero-order valence-corrected chi connectivity index (χ0v) is 8.62. The Morgan fingerprint density at radius 1 is 1.54 bits per heavy atom. The van der Waals surface area contributed by atoms with E-state index in [1.165, 1.54) is 0 Å². The lowest BCUT2D eigenvalue weighted by Crippen LogP contribution is -2.57. The predicted molar refractivity (Wildman–Crippen MR) is 54.4 cm³/mol. The third-order valence-electron chi connectivity index (χ3n) is 2.83. The van der Waals surface area contributed by atoms with Gasteiger partial charge in [-0.3, -0.25) is 4.79 Å². The number of nitrogens with zero attached hydrogens (tertiary/aromatic N) is 1. The first-order valence-corrected chi connectivity index (χ1v) is 5.16. The van der Waals surface area contributed by atoms with Gasteiger partial charge in [0.15, 0.2) is 0 Å². The van der Waals surface area contributed by atoms with E-state index in [4.69, 9.17) is 0 Å². The van der Waals surface area contributed by atoms with E-state index < -0.39 is 0 Å². The minimum Gasteiger partial charge on any atom is -0.336 e. The van der Waals surface area contributed by atoms with Gasteiger partial charge in [-0.15, -0.1) is 6.58 Å². The molecule has 0 unspecified atom stereocenters. The lowest BCUT2D eigenvalue weighted by Gasteiger charge is -2.48. The van der Waals surface area contributed by atoms with E-state index in [0.717, 1.165) is 19.3 Å². The van der Waals surface area contributed by atoms with Gasteiger partial charge >= 0.3 is 0 Å². The fourth-order valence-corrected chi connectivity index (χ4v) is 2.06. The zero-order chi connectivity index (χ0) is 9.84. The van der Waals surface area contributed by atoms with Crippen LogP contribution in [-0.2, 0) is 4.79 Å². The molecule has 1 aliphatic heterocycles. The van der Waals surface area contributed by atoms with Crippen molar-refractivity contribution in [3.8, 4) is 0 Å². The minimum atomic E-state index is 0.296. The Labute approximate surface area is 80.6 Å². The van der Waals surface area contributed by atoms with Gasteiger partial charge in [-0.25, -0.2) is 0 Å². The van der Waals surface area contributed by atoms with Gasteiger partial charge in [0.25, 0.3) is 0 Å². The molecule has 2 heteroatoms. The van der Waals surface area contributed by atoms with Gasteiger partial charge in [0.2, 0.25) is 5.91 Å². The van der Waals surface area contributed by atoms with Crippen molar-refractivity contribution >= 4 is 5.91 Å². The first-order chi connectivity index (χ1) is 6.24. The molecule has 1 aliphatic rings. The molecule has 0 aromatic rings. The Balaban J connectivity index is 2.53. The maximum atomic E-state index is 11.5. The summed E-state index contributed by atoms with van der Waals surface area (Å²) in [4.78, 5) is 13.6. The summed E-state index contributed by atoms with van der Waals surface area (Å²) >= 11 is 0. The van der Waals surface area contributed by atoms with Crippen LogP contribution in [0.4, 0.5) is 0 Å². The summed E-state index contributed by atoms with van der Waals surface area (Å²) in [5, 5.41) is 0. The van der Waals surface area contributed by atoms with Crippen LogP contribution in [0.1, 0.15) is 39.5 Å². The molecule has 0 N–H and O–H groups in total. The highest BCUT2D eigenvalue weighted by Gasteiger charge is 2.38. The van der Waals surface area contributed by atoms with E-state index in [2.05, 4.69) is 13.5 Å². The fourth-order valence-electron chi connectivity index (χ4n) is 2.06. The van der Waals surface area contributed by atoms with Gasteiger partial charge in [0.05, 0.1) is 0 Å². The van der Waals surface area contributed by atoms with Crippen LogP contribution in [0, 0.1) is 0 Å². The molecule has 1 rings (SSSR count). The standard InChI is InChI=1S/C11H19NO/c1-4-7-10-8-9(5-2)12(10)11(13)6-3/h4,9-10H,1,5-8H2,2-3H3/t9-,10+/m1/s1. The number of amides is 1. The summed E-state index contributed by atoms with van der Waals surface area (Å²) in [7, 11) is 0. The quantitative estimate of drug-likeness (QED) is 0.610. The highest BCUT2D eigenvalue weighted by molar-refractivity contribution is 5.77. The first-order valence-electron chi connectivity index (χ1n) is 5.16. The number of carbonyl (C=O) groups is 1. The molecule has 1 amide bonds. The van der Waals surface area contributed by atoms with Gasteiger partial charge in [0.1, 0.15) is 0 Å². The molecular formula is C11H19NO. The third kappa shape index (κ3) is 1.93. The average molecular weight is 181 g/mol. The van der Waals surface area contributed by atoms with E-state index in [9.17, 15) is 4.79 Å². The van der Waals surface area contributed by atoms with Crippen molar-refractivity contribution in [3.63, 3.8) is 0 Å². The fraction of sp³-hybridized carbons (Fsp3) is 0.727. The van der Waals surface area contributed by atoms with Crippen LogP contribution < -0.4 is 0 Å². The second-order valence-corrected chi connectivity index (χ2v) is 3.63.